The van der Waals surface area contributed by atoms with Crippen LogP contribution in [-0.4, -0.2) is 12.1 Å². The first kappa shape index (κ1) is 14.4. The van der Waals surface area contributed by atoms with E-state index in [1.165, 1.54) is 5.01 Å². The first-order valence-corrected chi connectivity index (χ1v) is 7.10. The number of hydrogen-bond acceptors (Lipinski definition) is 4. The molecular formula is C16H14ClN3O2. The van der Waals surface area contributed by atoms with Gasteiger partial charge in [-0.15, -0.1) is 0 Å². The van der Waals surface area contributed by atoms with Crippen molar-refractivity contribution < 1.29 is 9.21 Å². The summed E-state index contributed by atoms with van der Waals surface area (Å²) < 4.78 is 5.19. The molecule has 1 atom stereocenters. The van der Waals surface area contributed by atoms with Crippen molar-refractivity contribution in [1.29, 1.82) is 0 Å². The summed E-state index contributed by atoms with van der Waals surface area (Å²) in [5.74, 6) is 0.0939. The summed E-state index contributed by atoms with van der Waals surface area (Å²) in [4.78, 5) is 16.7. The quantitative estimate of drug-likeness (QED) is 0.882. The smallest absolute Gasteiger partial charge is 0.260 e. The molecule has 3 rings (SSSR count). The number of furan rings is 1. The molecule has 1 aliphatic rings. The number of benzene rings is 1. The van der Waals surface area contributed by atoms with Gasteiger partial charge in [-0.1, -0.05) is 24.2 Å². The molecular weight excluding hydrogens is 302 g/mol. The van der Waals surface area contributed by atoms with Crippen molar-refractivity contribution in [2.75, 3.05) is 5.01 Å². The van der Waals surface area contributed by atoms with E-state index in [0.717, 1.165) is 5.76 Å². The Morgan fingerprint density at radius 1 is 1.41 bits per heavy atom. The Morgan fingerprint density at radius 3 is 3.00 bits per heavy atom. The van der Waals surface area contributed by atoms with Crippen LogP contribution in [0.25, 0.3) is 0 Å². The summed E-state index contributed by atoms with van der Waals surface area (Å²) >= 11 is 5.96. The highest BCUT2D eigenvalue weighted by atomic mass is 35.5. The first-order valence-electron chi connectivity index (χ1n) is 6.72. The number of anilines is 1. The normalized spacial score (nSPS) is 18.2. The van der Waals surface area contributed by atoms with E-state index in [0.29, 0.717) is 23.0 Å². The van der Waals surface area contributed by atoms with Crippen LogP contribution in [0.15, 0.2) is 64.3 Å². The number of carbonyl (C=O) groups is 1. The Morgan fingerprint density at radius 2 is 2.27 bits per heavy atom. The van der Waals surface area contributed by atoms with Crippen LogP contribution in [0.4, 0.5) is 5.69 Å². The first-order chi connectivity index (χ1) is 10.6. The van der Waals surface area contributed by atoms with Crippen molar-refractivity contribution in [3.05, 3.63) is 65.7 Å². The van der Waals surface area contributed by atoms with Gasteiger partial charge < -0.3 is 4.42 Å². The maximum atomic E-state index is 12.5. The van der Waals surface area contributed by atoms with Gasteiger partial charge in [0.2, 0.25) is 0 Å². The lowest BCUT2D eigenvalue weighted by Crippen LogP contribution is -2.34. The zero-order valence-corrected chi connectivity index (χ0v) is 12.5. The molecule has 0 saturated carbocycles. The zero-order valence-electron chi connectivity index (χ0n) is 11.7. The minimum absolute atomic E-state index is 0.143. The SMILES string of the molecule is C=C1NN(c2cccc(Cl)c2)C(=O)C1C=NCc1ccco1. The van der Waals surface area contributed by atoms with Crippen molar-refractivity contribution in [1.82, 2.24) is 5.43 Å². The highest BCUT2D eigenvalue weighted by Gasteiger charge is 2.34. The number of aliphatic imine (C=N–C) groups is 1. The number of halogens is 1. The third kappa shape index (κ3) is 2.89. The van der Waals surface area contributed by atoms with Crippen LogP contribution in [0.3, 0.4) is 0 Å². The van der Waals surface area contributed by atoms with Gasteiger partial charge in [-0.2, -0.15) is 0 Å². The van der Waals surface area contributed by atoms with Crippen LogP contribution >= 0.6 is 11.6 Å². The van der Waals surface area contributed by atoms with Crippen molar-refractivity contribution in [3.8, 4) is 0 Å². The highest BCUT2D eigenvalue weighted by molar-refractivity contribution is 6.31. The molecule has 0 bridgehead atoms. The van der Waals surface area contributed by atoms with E-state index in [2.05, 4.69) is 17.0 Å². The minimum atomic E-state index is -0.506. The van der Waals surface area contributed by atoms with E-state index in [1.807, 2.05) is 6.07 Å². The third-order valence-corrected chi connectivity index (χ3v) is 3.50. The molecule has 0 aliphatic carbocycles. The van der Waals surface area contributed by atoms with Crippen LogP contribution in [0.1, 0.15) is 5.76 Å². The molecule has 1 N–H and O–H groups in total. The van der Waals surface area contributed by atoms with Gasteiger partial charge in [0.15, 0.2) is 0 Å². The van der Waals surface area contributed by atoms with E-state index >= 15 is 0 Å². The minimum Gasteiger partial charge on any atom is -0.467 e. The maximum Gasteiger partial charge on any atom is 0.260 e. The molecule has 5 nitrogen and oxygen atoms in total. The molecule has 1 aromatic carbocycles. The van der Waals surface area contributed by atoms with E-state index in [9.17, 15) is 4.79 Å². The predicted molar refractivity (Wildman–Crippen MR) is 85.6 cm³/mol. The molecule has 1 amide bonds. The summed E-state index contributed by atoms with van der Waals surface area (Å²) in [7, 11) is 0. The summed E-state index contributed by atoms with van der Waals surface area (Å²) in [6.45, 7) is 4.27. The summed E-state index contributed by atoms with van der Waals surface area (Å²) in [5.41, 5.74) is 4.20. The van der Waals surface area contributed by atoms with Crippen molar-refractivity contribution >= 4 is 29.4 Å². The number of amides is 1. The fourth-order valence-corrected chi connectivity index (χ4v) is 2.35. The van der Waals surface area contributed by atoms with Gasteiger partial charge in [0, 0.05) is 16.9 Å². The topological polar surface area (TPSA) is 57.8 Å². The predicted octanol–water partition coefficient (Wildman–Crippen LogP) is 3.19. The molecule has 1 aromatic heterocycles. The number of carbonyl (C=O) groups excluding carboxylic acids is 1. The van der Waals surface area contributed by atoms with E-state index < -0.39 is 5.92 Å². The Hall–Kier alpha value is -2.53. The molecule has 1 unspecified atom stereocenters. The second-order valence-corrected chi connectivity index (χ2v) is 5.27. The molecule has 1 fully saturated rings. The molecule has 112 valence electrons. The summed E-state index contributed by atoms with van der Waals surface area (Å²) in [5, 5.41) is 1.99. The molecule has 1 saturated heterocycles. The van der Waals surface area contributed by atoms with Crippen molar-refractivity contribution in [2.45, 2.75) is 6.54 Å². The third-order valence-electron chi connectivity index (χ3n) is 3.27. The maximum absolute atomic E-state index is 12.5. The molecule has 22 heavy (non-hydrogen) atoms. The monoisotopic (exact) mass is 315 g/mol. The van der Waals surface area contributed by atoms with Crippen LogP contribution in [-0.2, 0) is 11.3 Å². The lowest BCUT2D eigenvalue weighted by molar-refractivity contribution is -0.118. The highest BCUT2D eigenvalue weighted by Crippen LogP contribution is 2.25. The molecule has 2 heterocycles. The Balaban J connectivity index is 1.72. The van der Waals surface area contributed by atoms with Gasteiger partial charge >= 0.3 is 0 Å². The Kier molecular flexibility index (Phi) is 3.98. The molecule has 6 heteroatoms. The average Bonchev–Trinajstić information content (AvgIpc) is 3.10. The number of hydrazine groups is 1. The number of hydrogen-bond donors (Lipinski definition) is 1. The zero-order chi connectivity index (χ0) is 15.5. The molecule has 1 aliphatic heterocycles. The van der Waals surface area contributed by atoms with Crippen LogP contribution in [0, 0.1) is 5.92 Å². The number of rotatable bonds is 4. The van der Waals surface area contributed by atoms with Crippen molar-refractivity contribution in [2.24, 2.45) is 10.9 Å². The van der Waals surface area contributed by atoms with Gasteiger partial charge in [-0.25, -0.2) is 5.01 Å². The van der Waals surface area contributed by atoms with Crippen molar-refractivity contribution in [3.63, 3.8) is 0 Å². The molecule has 2 aromatic rings. The fraction of sp³-hybridized carbons (Fsp3) is 0.125. The van der Waals surface area contributed by atoms with E-state index in [-0.39, 0.29) is 5.91 Å². The summed E-state index contributed by atoms with van der Waals surface area (Å²) in [6, 6.07) is 10.7. The van der Waals surface area contributed by atoms with Gasteiger partial charge in [-0.05, 0) is 30.3 Å². The number of nitrogens with zero attached hydrogens (tertiary/aromatic N) is 2. The van der Waals surface area contributed by atoms with Gasteiger partial charge in [0.25, 0.3) is 5.91 Å². The fourth-order valence-electron chi connectivity index (χ4n) is 2.17. The standard InChI is InChI=1S/C16H14ClN3O2/c1-11-15(10-18-9-14-6-3-7-22-14)16(21)20(19-11)13-5-2-4-12(17)8-13/h2-8,10,15,19H,1,9H2. The van der Waals surface area contributed by atoms with Crippen LogP contribution in [0.5, 0.6) is 0 Å². The van der Waals surface area contributed by atoms with E-state index in [1.54, 1.807) is 42.8 Å². The Labute approximate surface area is 132 Å². The van der Waals surface area contributed by atoms with Gasteiger partial charge in [0.05, 0.1) is 18.5 Å². The largest absolute Gasteiger partial charge is 0.467 e. The second kappa shape index (κ2) is 6.07. The Bertz CT molecular complexity index is 725. The summed E-state index contributed by atoms with van der Waals surface area (Å²) in [6.07, 6.45) is 3.18. The van der Waals surface area contributed by atoms with Crippen LogP contribution in [0.2, 0.25) is 5.02 Å². The van der Waals surface area contributed by atoms with Crippen LogP contribution < -0.4 is 10.4 Å². The van der Waals surface area contributed by atoms with Gasteiger partial charge in [0.1, 0.15) is 11.7 Å². The average molecular weight is 316 g/mol. The second-order valence-electron chi connectivity index (χ2n) is 4.84. The molecule has 0 spiro atoms. The lowest BCUT2D eigenvalue weighted by atomic mass is 10.1. The van der Waals surface area contributed by atoms with Gasteiger partial charge in [-0.3, -0.25) is 15.2 Å². The van der Waals surface area contributed by atoms with E-state index in [4.69, 9.17) is 16.0 Å². The number of nitrogens with one attached hydrogen (secondary N) is 1. The lowest BCUT2D eigenvalue weighted by Gasteiger charge is -2.16. The molecule has 0 radical (unpaired) electrons.